The summed E-state index contributed by atoms with van der Waals surface area (Å²) in [6, 6.07) is 0. The van der Waals surface area contributed by atoms with Gasteiger partial charge in [0.15, 0.2) is 0 Å². The van der Waals surface area contributed by atoms with Crippen molar-refractivity contribution < 1.29 is 19.5 Å². The van der Waals surface area contributed by atoms with Crippen LogP contribution in [0.15, 0.2) is 4.99 Å². The molecule has 0 fully saturated rings. The Kier molecular flexibility index (Phi) is 1.83. The first-order valence-electron chi connectivity index (χ1n) is 2.67. The van der Waals surface area contributed by atoms with Crippen molar-refractivity contribution in [2.75, 3.05) is 6.54 Å². The summed E-state index contributed by atoms with van der Waals surface area (Å²) in [6.07, 6.45) is 0.165. The van der Waals surface area contributed by atoms with E-state index in [4.69, 9.17) is 14.7 Å². The molecular formula is C4H7NO4P+. The summed E-state index contributed by atoms with van der Waals surface area (Å²) in [4.78, 5) is 39.8. The van der Waals surface area contributed by atoms with Gasteiger partial charge in [0.05, 0.1) is 6.54 Å². The summed E-state index contributed by atoms with van der Waals surface area (Å²) in [5.74, 6) is -0.471. The van der Waals surface area contributed by atoms with Crippen LogP contribution in [0, 0.1) is 0 Å². The van der Waals surface area contributed by atoms with Gasteiger partial charge in [-0.05, 0) is 0 Å². The van der Waals surface area contributed by atoms with Crippen molar-refractivity contribution in [3.05, 3.63) is 0 Å². The molecule has 5 nitrogen and oxygen atoms in total. The normalized spacial score (nSPS) is 19.5. The van der Waals surface area contributed by atoms with Crippen LogP contribution in [0.1, 0.15) is 6.42 Å². The highest BCUT2D eigenvalue weighted by Gasteiger charge is 2.46. The Hall–Kier alpha value is -0.350. The fourth-order valence-electron chi connectivity index (χ4n) is 0.726. The first kappa shape index (κ1) is 7.75. The van der Waals surface area contributed by atoms with E-state index in [0.29, 0.717) is 0 Å². The van der Waals surface area contributed by atoms with Gasteiger partial charge in [-0.1, -0.05) is 0 Å². The third-order valence-electron chi connectivity index (χ3n) is 1.13. The van der Waals surface area contributed by atoms with Crippen LogP contribution in [0.5, 0.6) is 0 Å². The Bertz CT molecular complexity index is 194. The zero-order chi connectivity index (χ0) is 7.78. The van der Waals surface area contributed by atoms with Crippen molar-refractivity contribution in [1.29, 1.82) is 0 Å². The molecule has 0 aliphatic carbocycles. The Morgan fingerprint density at radius 2 is 2.00 bits per heavy atom. The number of rotatable bonds is 1. The van der Waals surface area contributed by atoms with Crippen molar-refractivity contribution in [3.8, 4) is 0 Å². The minimum absolute atomic E-state index is 0.165. The predicted octanol–water partition coefficient (Wildman–Crippen LogP) is -0.903. The number of carbonyl (C=O) groups is 1. The van der Waals surface area contributed by atoms with Crippen LogP contribution >= 0.6 is 7.94 Å². The van der Waals surface area contributed by atoms with Crippen molar-refractivity contribution in [1.82, 2.24) is 0 Å². The number of ketones is 1. The van der Waals surface area contributed by atoms with Gasteiger partial charge in [-0.3, -0.25) is 4.79 Å². The number of hydrogen-bond donors (Lipinski definition) is 3. The molecule has 56 valence electrons. The number of hydrogen-bond acceptors (Lipinski definition) is 5. The minimum atomic E-state index is -4.12. The van der Waals surface area contributed by atoms with E-state index in [1.807, 2.05) is 0 Å². The van der Waals surface area contributed by atoms with E-state index in [-0.39, 0.29) is 13.0 Å². The van der Waals surface area contributed by atoms with Crippen molar-refractivity contribution in [3.63, 3.8) is 0 Å². The highest BCUT2D eigenvalue weighted by Crippen LogP contribution is 2.47. The van der Waals surface area contributed by atoms with Crippen molar-refractivity contribution >= 4 is 19.2 Å². The number of Topliss-reactive ketones (excluding diaryl/α,β-unsaturated/α-hetero) is 1. The Labute approximate surface area is 57.6 Å². The Morgan fingerprint density at radius 1 is 1.40 bits per heavy atom. The third-order valence-corrected chi connectivity index (χ3v) is 2.09. The summed E-state index contributed by atoms with van der Waals surface area (Å²) in [5, 5.41) is 0. The first-order valence-corrected chi connectivity index (χ1v) is 4.32. The van der Waals surface area contributed by atoms with Crippen LogP contribution in [0.4, 0.5) is 0 Å². The van der Waals surface area contributed by atoms with Gasteiger partial charge in [-0.15, -0.1) is 0 Å². The van der Waals surface area contributed by atoms with Gasteiger partial charge in [0.1, 0.15) is 0 Å². The summed E-state index contributed by atoms with van der Waals surface area (Å²) < 4.78 is 0. The molecule has 0 unspecified atom stereocenters. The lowest BCUT2D eigenvalue weighted by Gasteiger charge is -1.98. The maximum Gasteiger partial charge on any atom is 0.464 e. The second-order valence-electron chi connectivity index (χ2n) is 1.95. The number of aliphatic imine (C=N–C) groups is 1. The SMILES string of the molecule is O=C1CCN=C1[P+](O)(O)O. The van der Waals surface area contributed by atoms with Crippen LogP contribution in [0.25, 0.3) is 0 Å². The van der Waals surface area contributed by atoms with E-state index in [1.54, 1.807) is 0 Å². The van der Waals surface area contributed by atoms with Gasteiger partial charge >= 0.3 is 13.4 Å². The van der Waals surface area contributed by atoms with Gasteiger partial charge in [0.25, 0.3) is 0 Å². The lowest BCUT2D eigenvalue weighted by molar-refractivity contribution is -0.112. The molecule has 3 N–H and O–H groups in total. The molecular weight excluding hydrogens is 157 g/mol. The van der Waals surface area contributed by atoms with Crippen LogP contribution in [0.2, 0.25) is 0 Å². The second kappa shape index (κ2) is 2.36. The summed E-state index contributed by atoms with van der Waals surface area (Å²) in [6.45, 7) is 0.248. The van der Waals surface area contributed by atoms with Gasteiger partial charge in [0, 0.05) is 6.42 Å². The van der Waals surface area contributed by atoms with E-state index in [2.05, 4.69) is 4.99 Å². The maximum absolute atomic E-state index is 10.6. The Morgan fingerprint density at radius 3 is 2.20 bits per heavy atom. The summed E-state index contributed by atoms with van der Waals surface area (Å²) in [5.41, 5.74) is -0.451. The van der Waals surface area contributed by atoms with E-state index >= 15 is 0 Å². The maximum atomic E-state index is 10.6. The number of nitrogens with zero attached hydrogens (tertiary/aromatic N) is 1. The first-order chi connectivity index (χ1) is 4.52. The molecule has 1 aliphatic rings. The van der Waals surface area contributed by atoms with Crippen LogP contribution in [0.3, 0.4) is 0 Å². The lowest BCUT2D eigenvalue weighted by Crippen LogP contribution is -2.12. The molecule has 1 aliphatic heterocycles. The molecule has 1 rings (SSSR count). The molecule has 0 saturated heterocycles. The van der Waals surface area contributed by atoms with Crippen molar-refractivity contribution in [2.45, 2.75) is 6.42 Å². The molecule has 6 heteroatoms. The van der Waals surface area contributed by atoms with Gasteiger partial charge in [0.2, 0.25) is 5.78 Å². The third kappa shape index (κ3) is 1.38. The predicted molar refractivity (Wildman–Crippen MR) is 35.5 cm³/mol. The molecule has 10 heavy (non-hydrogen) atoms. The molecule has 0 spiro atoms. The zero-order valence-corrected chi connectivity index (χ0v) is 5.95. The smallest absolute Gasteiger partial charge is 0.288 e. The van der Waals surface area contributed by atoms with E-state index in [0.717, 1.165) is 0 Å². The molecule has 0 aromatic heterocycles. The monoisotopic (exact) mass is 164 g/mol. The number of carbonyl (C=O) groups excluding carboxylic acids is 1. The quantitative estimate of drug-likeness (QED) is 0.438. The molecule has 0 aromatic carbocycles. The summed E-state index contributed by atoms with van der Waals surface area (Å²) >= 11 is 0. The molecule has 0 saturated carbocycles. The molecule has 1 heterocycles. The lowest BCUT2D eigenvalue weighted by atomic mass is 10.4. The molecule has 0 amide bonds. The summed E-state index contributed by atoms with van der Waals surface area (Å²) in [7, 11) is -4.12. The van der Waals surface area contributed by atoms with E-state index in [9.17, 15) is 4.79 Å². The van der Waals surface area contributed by atoms with Gasteiger partial charge in [-0.25, -0.2) is 4.99 Å². The fraction of sp³-hybridized carbons (Fsp3) is 0.500. The second-order valence-corrected chi connectivity index (χ2v) is 3.51. The van der Waals surface area contributed by atoms with E-state index in [1.165, 1.54) is 0 Å². The topological polar surface area (TPSA) is 90.1 Å². The van der Waals surface area contributed by atoms with Crippen LogP contribution in [-0.2, 0) is 4.79 Å². The van der Waals surface area contributed by atoms with Crippen LogP contribution in [-0.4, -0.2) is 32.5 Å². The highest BCUT2D eigenvalue weighted by atomic mass is 31.2. The zero-order valence-electron chi connectivity index (χ0n) is 5.06. The average molecular weight is 164 g/mol. The van der Waals surface area contributed by atoms with Crippen LogP contribution < -0.4 is 0 Å². The van der Waals surface area contributed by atoms with E-state index < -0.39 is 19.2 Å². The fourth-order valence-corrected chi connectivity index (χ4v) is 1.46. The largest absolute Gasteiger partial charge is 0.464 e. The highest BCUT2D eigenvalue weighted by molar-refractivity contribution is 7.79. The van der Waals surface area contributed by atoms with Gasteiger partial charge in [-0.2, -0.15) is 14.7 Å². The molecule has 0 atom stereocenters. The average Bonchev–Trinajstić information content (AvgIpc) is 2.11. The molecule has 0 aromatic rings. The standard InChI is InChI=1S/C4H7NO4P/c6-3-1-2-5-4(3)10(7,8)9/h7-9H,1-2H2/q+1. The Balaban J connectivity index is 2.82. The molecule has 0 bridgehead atoms. The van der Waals surface area contributed by atoms with Gasteiger partial charge < -0.3 is 0 Å². The minimum Gasteiger partial charge on any atom is -0.288 e. The molecule has 0 radical (unpaired) electrons. The van der Waals surface area contributed by atoms with Crippen molar-refractivity contribution in [2.24, 2.45) is 4.99 Å².